The quantitative estimate of drug-likeness (QED) is 0.673. The molecule has 0 spiro atoms. The van der Waals surface area contributed by atoms with Crippen LogP contribution in [0.5, 0.6) is 5.75 Å². The summed E-state index contributed by atoms with van der Waals surface area (Å²) in [5, 5.41) is 5.65. The number of nitrogens with one attached hydrogen (secondary N) is 2. The molecule has 0 aliphatic heterocycles. The maximum absolute atomic E-state index is 11.4. The minimum atomic E-state index is -0.307. The SMILES string of the molecule is CCOc1cc(NC(C)C(=O)NC)ccc1N. The number of carbonyl (C=O) groups is 1. The molecule has 0 fully saturated rings. The molecule has 1 aromatic carbocycles. The molecule has 5 nitrogen and oxygen atoms in total. The van der Waals surface area contributed by atoms with E-state index in [1.807, 2.05) is 13.0 Å². The maximum atomic E-state index is 11.4. The molecule has 1 atom stereocenters. The molecule has 0 aromatic heterocycles. The molecule has 5 heteroatoms. The smallest absolute Gasteiger partial charge is 0.241 e. The molecule has 4 N–H and O–H groups in total. The topological polar surface area (TPSA) is 76.4 Å². The van der Waals surface area contributed by atoms with Gasteiger partial charge in [-0.15, -0.1) is 0 Å². The van der Waals surface area contributed by atoms with Crippen molar-refractivity contribution < 1.29 is 9.53 Å². The van der Waals surface area contributed by atoms with E-state index in [0.717, 1.165) is 5.69 Å². The Kier molecular flexibility index (Phi) is 4.63. The van der Waals surface area contributed by atoms with Crippen LogP contribution < -0.4 is 21.1 Å². The van der Waals surface area contributed by atoms with Gasteiger partial charge in [-0.25, -0.2) is 0 Å². The van der Waals surface area contributed by atoms with Crippen LogP contribution in [-0.2, 0) is 4.79 Å². The summed E-state index contributed by atoms with van der Waals surface area (Å²) in [6, 6.07) is 5.05. The van der Waals surface area contributed by atoms with E-state index in [4.69, 9.17) is 10.5 Å². The number of carbonyl (C=O) groups excluding carboxylic acids is 1. The van der Waals surface area contributed by atoms with Gasteiger partial charge >= 0.3 is 0 Å². The van der Waals surface area contributed by atoms with Gasteiger partial charge in [0.15, 0.2) is 0 Å². The van der Waals surface area contributed by atoms with E-state index in [9.17, 15) is 4.79 Å². The number of amides is 1. The molecule has 1 amide bonds. The van der Waals surface area contributed by atoms with Crippen molar-refractivity contribution in [1.82, 2.24) is 5.32 Å². The van der Waals surface area contributed by atoms with Crippen molar-refractivity contribution in [3.05, 3.63) is 18.2 Å². The van der Waals surface area contributed by atoms with E-state index in [1.54, 1.807) is 26.1 Å². The third-order valence-electron chi connectivity index (χ3n) is 2.34. The fourth-order valence-corrected chi connectivity index (χ4v) is 1.44. The number of nitrogen functional groups attached to an aromatic ring is 1. The highest BCUT2D eigenvalue weighted by Crippen LogP contribution is 2.25. The standard InChI is InChI=1S/C12H19N3O2/c1-4-17-11-7-9(5-6-10(11)13)15-8(2)12(16)14-3/h5-8,15H,4,13H2,1-3H3,(H,14,16). The fourth-order valence-electron chi connectivity index (χ4n) is 1.44. The van der Waals surface area contributed by atoms with Crippen LogP contribution in [0.1, 0.15) is 13.8 Å². The monoisotopic (exact) mass is 237 g/mol. The number of hydrogen-bond donors (Lipinski definition) is 3. The van der Waals surface area contributed by atoms with Gasteiger partial charge in [-0.3, -0.25) is 4.79 Å². The number of anilines is 2. The average Bonchev–Trinajstić information content (AvgIpc) is 2.32. The molecule has 0 bridgehead atoms. The first-order valence-corrected chi connectivity index (χ1v) is 5.59. The molecule has 0 aliphatic rings. The predicted molar refractivity (Wildman–Crippen MR) is 69.2 cm³/mol. The van der Waals surface area contributed by atoms with Gasteiger partial charge in [0.25, 0.3) is 0 Å². The fraction of sp³-hybridized carbons (Fsp3) is 0.417. The molecular formula is C12H19N3O2. The highest BCUT2D eigenvalue weighted by Gasteiger charge is 2.11. The van der Waals surface area contributed by atoms with Gasteiger partial charge in [0.05, 0.1) is 12.3 Å². The van der Waals surface area contributed by atoms with Crippen LogP contribution >= 0.6 is 0 Å². The Hall–Kier alpha value is -1.91. The second-order valence-corrected chi connectivity index (χ2v) is 3.67. The van der Waals surface area contributed by atoms with E-state index in [2.05, 4.69) is 10.6 Å². The molecule has 0 saturated heterocycles. The van der Waals surface area contributed by atoms with E-state index in [1.165, 1.54) is 0 Å². The van der Waals surface area contributed by atoms with Crippen LogP contribution in [0, 0.1) is 0 Å². The van der Waals surface area contributed by atoms with Gasteiger partial charge in [-0.1, -0.05) is 0 Å². The summed E-state index contributed by atoms with van der Waals surface area (Å²) in [6.07, 6.45) is 0. The van der Waals surface area contributed by atoms with Crippen molar-refractivity contribution in [2.24, 2.45) is 0 Å². The van der Waals surface area contributed by atoms with Crippen LogP contribution in [0.2, 0.25) is 0 Å². The zero-order valence-corrected chi connectivity index (χ0v) is 10.4. The molecule has 0 heterocycles. The number of rotatable bonds is 5. The summed E-state index contributed by atoms with van der Waals surface area (Å²) in [5.74, 6) is 0.557. The number of hydrogen-bond acceptors (Lipinski definition) is 4. The first-order valence-electron chi connectivity index (χ1n) is 5.59. The van der Waals surface area contributed by atoms with Gasteiger partial charge in [0.2, 0.25) is 5.91 Å². The van der Waals surface area contributed by atoms with Crippen LogP contribution in [0.4, 0.5) is 11.4 Å². The lowest BCUT2D eigenvalue weighted by atomic mass is 10.2. The summed E-state index contributed by atoms with van der Waals surface area (Å²) in [6.45, 7) is 4.24. The molecular weight excluding hydrogens is 218 g/mol. The zero-order valence-electron chi connectivity index (χ0n) is 10.4. The maximum Gasteiger partial charge on any atom is 0.241 e. The Bertz CT molecular complexity index is 393. The zero-order chi connectivity index (χ0) is 12.8. The van der Waals surface area contributed by atoms with Crippen molar-refractivity contribution in [2.75, 3.05) is 24.7 Å². The van der Waals surface area contributed by atoms with Crippen molar-refractivity contribution in [3.8, 4) is 5.75 Å². The van der Waals surface area contributed by atoms with Crippen molar-refractivity contribution in [1.29, 1.82) is 0 Å². The van der Waals surface area contributed by atoms with Gasteiger partial charge in [-0.2, -0.15) is 0 Å². The third-order valence-corrected chi connectivity index (χ3v) is 2.34. The predicted octanol–water partition coefficient (Wildman–Crippen LogP) is 1.21. The van der Waals surface area contributed by atoms with E-state index in [-0.39, 0.29) is 11.9 Å². The summed E-state index contributed by atoms with van der Waals surface area (Å²) in [5.41, 5.74) is 7.15. The van der Waals surface area contributed by atoms with Gasteiger partial charge in [-0.05, 0) is 26.0 Å². The van der Waals surface area contributed by atoms with E-state index < -0.39 is 0 Å². The van der Waals surface area contributed by atoms with E-state index in [0.29, 0.717) is 18.0 Å². The van der Waals surface area contributed by atoms with E-state index >= 15 is 0 Å². The highest BCUT2D eigenvalue weighted by molar-refractivity contribution is 5.84. The highest BCUT2D eigenvalue weighted by atomic mass is 16.5. The minimum absolute atomic E-state index is 0.0696. The Balaban J connectivity index is 2.78. The molecule has 0 saturated carbocycles. The lowest BCUT2D eigenvalue weighted by Crippen LogP contribution is -2.35. The molecule has 17 heavy (non-hydrogen) atoms. The molecule has 0 aliphatic carbocycles. The van der Waals surface area contributed by atoms with Crippen LogP contribution in [-0.4, -0.2) is 25.6 Å². The van der Waals surface area contributed by atoms with Crippen molar-refractivity contribution in [2.45, 2.75) is 19.9 Å². The first-order chi connectivity index (χ1) is 8.08. The van der Waals surface area contributed by atoms with Gasteiger partial charge in [0, 0.05) is 18.8 Å². The normalized spacial score (nSPS) is 11.7. The Morgan fingerprint density at radius 2 is 2.24 bits per heavy atom. The van der Waals surface area contributed by atoms with Gasteiger partial charge < -0.3 is 21.1 Å². The number of nitrogens with two attached hydrogens (primary N) is 1. The van der Waals surface area contributed by atoms with Crippen LogP contribution in [0.3, 0.4) is 0 Å². The third kappa shape index (κ3) is 3.55. The summed E-state index contributed by atoms with van der Waals surface area (Å²) < 4.78 is 5.38. The second kappa shape index (κ2) is 5.98. The number of likely N-dealkylation sites (N-methyl/N-ethyl adjacent to an activating group) is 1. The minimum Gasteiger partial charge on any atom is -0.492 e. The summed E-state index contributed by atoms with van der Waals surface area (Å²) >= 11 is 0. The largest absolute Gasteiger partial charge is 0.492 e. The lowest BCUT2D eigenvalue weighted by Gasteiger charge is -2.15. The molecule has 94 valence electrons. The molecule has 1 unspecified atom stereocenters. The van der Waals surface area contributed by atoms with Crippen LogP contribution in [0.15, 0.2) is 18.2 Å². The molecule has 0 radical (unpaired) electrons. The molecule has 1 aromatic rings. The molecule has 1 rings (SSSR count). The average molecular weight is 237 g/mol. The Morgan fingerprint density at radius 1 is 1.53 bits per heavy atom. The number of benzene rings is 1. The van der Waals surface area contributed by atoms with Gasteiger partial charge in [0.1, 0.15) is 11.8 Å². The summed E-state index contributed by atoms with van der Waals surface area (Å²) in [7, 11) is 1.61. The van der Waals surface area contributed by atoms with Crippen molar-refractivity contribution >= 4 is 17.3 Å². The summed E-state index contributed by atoms with van der Waals surface area (Å²) in [4.78, 5) is 11.4. The van der Waals surface area contributed by atoms with Crippen LogP contribution in [0.25, 0.3) is 0 Å². The first kappa shape index (κ1) is 13.2. The lowest BCUT2D eigenvalue weighted by molar-refractivity contribution is -0.121. The Labute approximate surface area is 101 Å². The van der Waals surface area contributed by atoms with Crippen molar-refractivity contribution in [3.63, 3.8) is 0 Å². The second-order valence-electron chi connectivity index (χ2n) is 3.67. The number of ether oxygens (including phenoxy) is 1. The Morgan fingerprint density at radius 3 is 2.82 bits per heavy atom.